The van der Waals surface area contributed by atoms with E-state index in [0.29, 0.717) is 6.04 Å². The van der Waals surface area contributed by atoms with Crippen molar-refractivity contribution < 1.29 is 9.53 Å². The number of fused-ring (bicyclic) bond motifs is 1. The van der Waals surface area contributed by atoms with Gasteiger partial charge in [-0.15, -0.1) is 0 Å². The highest BCUT2D eigenvalue weighted by molar-refractivity contribution is 6.02. The number of hydrogen-bond acceptors (Lipinski definition) is 3. The number of carbonyl (C=O) groups excluding carboxylic acids is 1. The first-order valence-corrected chi connectivity index (χ1v) is 8.76. The molecule has 128 valence electrons. The largest absolute Gasteiger partial charge is 0.379 e. The number of nitrogens with one attached hydrogen (secondary N) is 1. The van der Waals surface area contributed by atoms with Crippen molar-refractivity contribution in [2.24, 2.45) is 0 Å². The highest BCUT2D eigenvalue weighted by Gasteiger charge is 2.36. The predicted octanol–water partition coefficient (Wildman–Crippen LogP) is 2.25. The molecule has 3 heterocycles. The number of nitrogens with zero attached hydrogens (tertiary/aromatic N) is 2. The van der Waals surface area contributed by atoms with Gasteiger partial charge in [0, 0.05) is 43.1 Å². The summed E-state index contributed by atoms with van der Waals surface area (Å²) in [5, 5.41) is 1.20. The van der Waals surface area contributed by atoms with Crippen LogP contribution < -0.4 is 0 Å². The minimum absolute atomic E-state index is 0.131. The summed E-state index contributed by atoms with van der Waals surface area (Å²) in [6.07, 6.45) is 0. The molecule has 2 fully saturated rings. The van der Waals surface area contributed by atoms with Crippen molar-refractivity contribution in [3.8, 4) is 0 Å². The van der Waals surface area contributed by atoms with Crippen molar-refractivity contribution in [1.82, 2.24) is 14.8 Å². The van der Waals surface area contributed by atoms with Gasteiger partial charge in [-0.05, 0) is 37.5 Å². The zero-order valence-electron chi connectivity index (χ0n) is 14.7. The molecule has 0 radical (unpaired) electrons. The third kappa shape index (κ3) is 2.43. The lowest BCUT2D eigenvalue weighted by Gasteiger charge is -2.46. The average Bonchev–Trinajstić information content (AvgIpc) is 2.89. The molecule has 1 aromatic carbocycles. The molecule has 2 aromatic rings. The van der Waals surface area contributed by atoms with E-state index in [9.17, 15) is 4.79 Å². The Morgan fingerprint density at radius 2 is 1.79 bits per heavy atom. The smallest absolute Gasteiger partial charge is 0.270 e. The third-order valence-electron chi connectivity index (χ3n) is 5.55. The number of amides is 1. The molecule has 0 atom stereocenters. The molecule has 24 heavy (non-hydrogen) atoms. The topological polar surface area (TPSA) is 48.6 Å². The molecular formula is C19H25N3O2. The van der Waals surface area contributed by atoms with Crippen LogP contribution in [-0.2, 0) is 4.74 Å². The van der Waals surface area contributed by atoms with Crippen LogP contribution in [0.3, 0.4) is 0 Å². The van der Waals surface area contributed by atoms with Crippen molar-refractivity contribution in [1.29, 1.82) is 0 Å². The van der Waals surface area contributed by atoms with Crippen LogP contribution in [0.2, 0.25) is 0 Å². The number of H-pyrrole nitrogens is 1. The fourth-order valence-corrected chi connectivity index (χ4v) is 3.97. The first-order valence-electron chi connectivity index (χ1n) is 8.76. The van der Waals surface area contributed by atoms with E-state index in [-0.39, 0.29) is 5.91 Å². The summed E-state index contributed by atoms with van der Waals surface area (Å²) in [5.74, 6) is 0.131. The van der Waals surface area contributed by atoms with Gasteiger partial charge in [0.15, 0.2) is 0 Å². The average molecular weight is 327 g/mol. The van der Waals surface area contributed by atoms with Gasteiger partial charge in [-0.3, -0.25) is 9.69 Å². The highest BCUT2D eigenvalue weighted by Crippen LogP contribution is 2.29. The minimum Gasteiger partial charge on any atom is -0.379 e. The molecule has 5 nitrogen and oxygen atoms in total. The summed E-state index contributed by atoms with van der Waals surface area (Å²) in [6, 6.07) is 4.73. The maximum Gasteiger partial charge on any atom is 0.270 e. The van der Waals surface area contributed by atoms with Crippen molar-refractivity contribution in [3.05, 3.63) is 34.5 Å². The van der Waals surface area contributed by atoms with Gasteiger partial charge >= 0.3 is 0 Å². The molecule has 5 heteroatoms. The van der Waals surface area contributed by atoms with Crippen LogP contribution in [-0.4, -0.2) is 66.1 Å². The monoisotopic (exact) mass is 327 g/mol. The van der Waals surface area contributed by atoms with Gasteiger partial charge < -0.3 is 14.6 Å². The molecule has 4 rings (SSSR count). The number of aryl methyl sites for hydroxylation is 3. The quantitative estimate of drug-likeness (QED) is 0.920. The molecule has 1 N–H and O–H groups in total. The van der Waals surface area contributed by atoms with Gasteiger partial charge in [-0.25, -0.2) is 0 Å². The van der Waals surface area contributed by atoms with E-state index in [0.717, 1.165) is 56.2 Å². The predicted molar refractivity (Wildman–Crippen MR) is 94.6 cm³/mol. The Labute approximate surface area is 142 Å². The van der Waals surface area contributed by atoms with Crippen LogP contribution in [0.4, 0.5) is 0 Å². The molecular weight excluding hydrogens is 302 g/mol. The summed E-state index contributed by atoms with van der Waals surface area (Å²) >= 11 is 0. The lowest BCUT2D eigenvalue weighted by Crippen LogP contribution is -2.62. The van der Waals surface area contributed by atoms with E-state index in [1.54, 1.807) is 0 Å². The van der Waals surface area contributed by atoms with Crippen molar-refractivity contribution >= 4 is 16.8 Å². The number of benzene rings is 1. The summed E-state index contributed by atoms with van der Waals surface area (Å²) < 4.78 is 5.41. The molecule has 0 saturated carbocycles. The van der Waals surface area contributed by atoms with Crippen molar-refractivity contribution in [3.63, 3.8) is 0 Å². The zero-order valence-corrected chi connectivity index (χ0v) is 14.7. The number of ether oxygens (including phenoxy) is 1. The van der Waals surface area contributed by atoms with Crippen molar-refractivity contribution in [2.45, 2.75) is 26.8 Å². The first kappa shape index (κ1) is 15.7. The highest BCUT2D eigenvalue weighted by atomic mass is 16.5. The lowest BCUT2D eigenvalue weighted by atomic mass is 10.0. The molecule has 0 unspecified atom stereocenters. The summed E-state index contributed by atoms with van der Waals surface area (Å²) in [6.45, 7) is 11.5. The Morgan fingerprint density at radius 3 is 2.46 bits per heavy atom. The summed E-state index contributed by atoms with van der Waals surface area (Å²) in [4.78, 5) is 20.7. The number of rotatable bonds is 2. The van der Waals surface area contributed by atoms with Gasteiger partial charge in [-0.1, -0.05) is 12.1 Å². The van der Waals surface area contributed by atoms with Gasteiger partial charge in [0.25, 0.3) is 5.91 Å². The van der Waals surface area contributed by atoms with E-state index in [2.05, 4.69) is 42.8 Å². The Morgan fingerprint density at radius 1 is 1.12 bits per heavy atom. The fraction of sp³-hybridized carbons (Fsp3) is 0.526. The molecule has 0 aliphatic carbocycles. The SMILES string of the molecule is Cc1ccc(C)c2c(C)c(C(=O)N3CC(N4CCOCC4)C3)[nH]c12. The van der Waals surface area contributed by atoms with E-state index < -0.39 is 0 Å². The minimum atomic E-state index is 0.131. The second-order valence-electron chi connectivity index (χ2n) is 7.09. The first-order chi connectivity index (χ1) is 11.6. The number of aromatic amines is 1. The van der Waals surface area contributed by atoms with Gasteiger partial charge in [0.2, 0.25) is 0 Å². The molecule has 0 spiro atoms. The van der Waals surface area contributed by atoms with Crippen LogP contribution in [0.5, 0.6) is 0 Å². The van der Waals surface area contributed by atoms with Crippen LogP contribution in [0.15, 0.2) is 12.1 Å². The van der Waals surface area contributed by atoms with Gasteiger partial charge in [-0.2, -0.15) is 0 Å². The number of aromatic nitrogens is 1. The van der Waals surface area contributed by atoms with E-state index in [1.807, 2.05) is 4.90 Å². The van der Waals surface area contributed by atoms with Gasteiger partial charge in [0.05, 0.1) is 13.2 Å². The zero-order chi connectivity index (χ0) is 16.8. The number of likely N-dealkylation sites (tertiary alicyclic amines) is 1. The van der Waals surface area contributed by atoms with Crippen LogP contribution in [0, 0.1) is 20.8 Å². The number of morpholine rings is 1. The molecule has 2 aliphatic heterocycles. The molecule has 0 bridgehead atoms. The third-order valence-corrected chi connectivity index (χ3v) is 5.55. The van der Waals surface area contributed by atoms with Crippen LogP contribution in [0.25, 0.3) is 10.9 Å². The van der Waals surface area contributed by atoms with E-state index >= 15 is 0 Å². The molecule has 2 saturated heterocycles. The number of carbonyl (C=O) groups is 1. The standard InChI is InChI=1S/C19H25N3O2/c1-12-4-5-13(2)17-16(12)14(3)18(20-17)19(23)22-10-15(11-22)21-6-8-24-9-7-21/h4-5,15,20H,6-11H2,1-3H3. The normalized spacial score (nSPS) is 19.7. The van der Waals surface area contributed by atoms with Crippen molar-refractivity contribution in [2.75, 3.05) is 39.4 Å². The molecule has 1 amide bonds. The molecule has 2 aliphatic rings. The summed E-state index contributed by atoms with van der Waals surface area (Å²) in [5.41, 5.74) is 5.33. The number of hydrogen-bond donors (Lipinski definition) is 1. The Bertz CT molecular complexity index is 783. The lowest BCUT2D eigenvalue weighted by molar-refractivity contribution is -0.0257. The maximum atomic E-state index is 12.9. The summed E-state index contributed by atoms with van der Waals surface area (Å²) in [7, 11) is 0. The van der Waals surface area contributed by atoms with E-state index in [1.165, 1.54) is 16.5 Å². The Kier molecular flexibility index (Phi) is 3.85. The van der Waals surface area contributed by atoms with Crippen LogP contribution in [0.1, 0.15) is 27.2 Å². The van der Waals surface area contributed by atoms with E-state index in [4.69, 9.17) is 4.74 Å². The second kappa shape index (κ2) is 5.90. The van der Waals surface area contributed by atoms with Crippen LogP contribution >= 0.6 is 0 Å². The Hall–Kier alpha value is -1.85. The van der Waals surface area contributed by atoms with Gasteiger partial charge in [0.1, 0.15) is 5.69 Å². The fourth-order valence-electron chi connectivity index (χ4n) is 3.97. The maximum absolute atomic E-state index is 12.9. The second-order valence-corrected chi connectivity index (χ2v) is 7.09. The Balaban J connectivity index is 1.54. The molecule has 1 aromatic heterocycles.